The van der Waals surface area contributed by atoms with Gasteiger partial charge in [-0.3, -0.25) is 0 Å². The number of carbonyl (C=O) groups is 2. The van der Waals surface area contributed by atoms with Gasteiger partial charge in [0.2, 0.25) is 0 Å². The molecule has 9 heteroatoms. The van der Waals surface area contributed by atoms with E-state index >= 15 is 0 Å². The van der Waals surface area contributed by atoms with Gasteiger partial charge in [0, 0.05) is 16.9 Å². The Balaban J connectivity index is 2.23. The molecule has 0 aliphatic heterocycles. The van der Waals surface area contributed by atoms with Crippen molar-refractivity contribution >= 4 is 34.0 Å². The van der Waals surface area contributed by atoms with Gasteiger partial charge in [0.05, 0.1) is 16.9 Å². The third kappa shape index (κ3) is 5.07. The lowest BCUT2D eigenvalue weighted by Gasteiger charge is -2.17. The van der Waals surface area contributed by atoms with Gasteiger partial charge in [-0.2, -0.15) is 0 Å². The molecule has 3 aromatic rings. The highest BCUT2D eigenvalue weighted by atomic mass is 32.2. The van der Waals surface area contributed by atoms with E-state index in [2.05, 4.69) is 5.32 Å². The van der Waals surface area contributed by atoms with Crippen molar-refractivity contribution in [2.24, 2.45) is 0 Å². The smallest absolute Gasteiger partial charge is 0.336 e. The molecule has 0 atom stereocenters. The molecule has 0 radical (unpaired) electrons. The second-order valence-corrected chi connectivity index (χ2v) is 7.81. The summed E-state index contributed by atoms with van der Waals surface area (Å²) in [5, 5.41) is 22.1. The molecule has 3 aromatic carbocycles. The Morgan fingerprint density at radius 2 is 1.55 bits per heavy atom. The number of hydrogen-bond donors (Lipinski definition) is 4. The molecule has 7 nitrogen and oxygen atoms in total. The van der Waals surface area contributed by atoms with Crippen molar-refractivity contribution in [3.8, 4) is 11.1 Å². The number of carboxylic acids is 2. The molecule has 0 aliphatic carbocycles. The van der Waals surface area contributed by atoms with E-state index in [9.17, 15) is 32.6 Å². The predicted molar refractivity (Wildman–Crippen MR) is 114 cm³/mol. The molecule has 0 fully saturated rings. The molecule has 0 heterocycles. The Bertz CT molecular complexity index is 1240. The minimum Gasteiger partial charge on any atom is -0.478 e. The summed E-state index contributed by atoms with van der Waals surface area (Å²) in [5.74, 6) is -3.25. The van der Waals surface area contributed by atoms with Gasteiger partial charge in [0.15, 0.2) is 0 Å². The lowest BCUT2D eigenvalue weighted by Crippen LogP contribution is -2.08. The number of aromatic carboxylic acids is 2. The van der Waals surface area contributed by atoms with E-state index in [1.54, 1.807) is 25.1 Å². The van der Waals surface area contributed by atoms with Crippen molar-refractivity contribution in [2.75, 3.05) is 5.32 Å². The van der Waals surface area contributed by atoms with Crippen molar-refractivity contribution in [1.82, 2.24) is 0 Å². The summed E-state index contributed by atoms with van der Waals surface area (Å²) in [6.07, 6.45) is 0. The molecule has 0 spiro atoms. The molecule has 0 unspecified atom stereocenters. The third-order valence-electron chi connectivity index (χ3n) is 4.63. The van der Waals surface area contributed by atoms with Gasteiger partial charge in [0.25, 0.3) is 0 Å². The maximum absolute atomic E-state index is 13.2. The van der Waals surface area contributed by atoms with Gasteiger partial charge in [0.1, 0.15) is 16.5 Å². The first kappa shape index (κ1) is 22.0. The SMILES string of the molecule is Cc1cc(-c2cc(C[SH](=O)=O)ccc2Nc2ccc(F)cc2)c(C(=O)O)cc1C(=O)O. The van der Waals surface area contributed by atoms with Crippen LogP contribution in [0.2, 0.25) is 0 Å². The Morgan fingerprint density at radius 3 is 2.13 bits per heavy atom. The zero-order chi connectivity index (χ0) is 22.7. The van der Waals surface area contributed by atoms with Crippen LogP contribution < -0.4 is 5.32 Å². The molecule has 0 saturated carbocycles. The highest BCUT2D eigenvalue weighted by Gasteiger charge is 2.20. The lowest BCUT2D eigenvalue weighted by molar-refractivity contribution is 0.0695. The zero-order valence-corrected chi connectivity index (χ0v) is 17.2. The van der Waals surface area contributed by atoms with E-state index in [1.165, 1.54) is 30.3 Å². The molecule has 160 valence electrons. The van der Waals surface area contributed by atoms with Crippen LogP contribution in [0.15, 0.2) is 54.6 Å². The third-order valence-corrected chi connectivity index (χ3v) is 5.26. The van der Waals surface area contributed by atoms with Gasteiger partial charge in [-0.1, -0.05) is 6.07 Å². The van der Waals surface area contributed by atoms with Gasteiger partial charge in [-0.25, -0.2) is 22.4 Å². The molecular formula is C22H18FNO6S. The van der Waals surface area contributed by atoms with Crippen LogP contribution in [0, 0.1) is 12.7 Å². The van der Waals surface area contributed by atoms with E-state index in [4.69, 9.17) is 0 Å². The van der Waals surface area contributed by atoms with E-state index < -0.39 is 28.5 Å². The molecule has 31 heavy (non-hydrogen) atoms. The number of aryl methyl sites for hydroxylation is 1. The highest BCUT2D eigenvalue weighted by Crippen LogP contribution is 2.35. The molecule has 3 N–H and O–H groups in total. The topological polar surface area (TPSA) is 121 Å². The Hall–Kier alpha value is -3.72. The maximum atomic E-state index is 13.2. The van der Waals surface area contributed by atoms with Gasteiger partial charge >= 0.3 is 11.9 Å². The van der Waals surface area contributed by atoms with Crippen molar-refractivity contribution in [3.63, 3.8) is 0 Å². The van der Waals surface area contributed by atoms with Crippen LogP contribution in [0.5, 0.6) is 0 Å². The maximum Gasteiger partial charge on any atom is 0.336 e. The van der Waals surface area contributed by atoms with E-state index in [0.29, 0.717) is 28.1 Å². The fourth-order valence-corrected chi connectivity index (χ4v) is 3.69. The Morgan fingerprint density at radius 1 is 0.903 bits per heavy atom. The number of carboxylic acid groups (broad SMARTS) is 2. The normalized spacial score (nSPS) is 10.8. The van der Waals surface area contributed by atoms with Crippen LogP contribution in [0.1, 0.15) is 31.8 Å². The molecule has 0 saturated heterocycles. The van der Waals surface area contributed by atoms with Gasteiger partial charge in [-0.05, 0) is 72.1 Å². The second kappa shape index (κ2) is 8.97. The molecule has 3 rings (SSSR count). The monoisotopic (exact) mass is 443 g/mol. The number of anilines is 2. The summed E-state index contributed by atoms with van der Waals surface area (Å²) in [7, 11) is -2.72. The summed E-state index contributed by atoms with van der Waals surface area (Å²) in [6, 6.07) is 12.8. The number of rotatable bonds is 7. The van der Waals surface area contributed by atoms with Gasteiger partial charge in [-0.15, -0.1) is 0 Å². The molecule has 0 aromatic heterocycles. The summed E-state index contributed by atoms with van der Waals surface area (Å²) in [6.45, 7) is 1.55. The Kier molecular flexibility index (Phi) is 6.36. The molecule has 0 bridgehead atoms. The highest BCUT2D eigenvalue weighted by molar-refractivity contribution is 7.71. The summed E-state index contributed by atoms with van der Waals surface area (Å²) >= 11 is 0. The van der Waals surface area contributed by atoms with Crippen LogP contribution in [-0.4, -0.2) is 30.6 Å². The molecular weight excluding hydrogens is 425 g/mol. The molecule has 0 amide bonds. The van der Waals surface area contributed by atoms with Crippen molar-refractivity contribution in [2.45, 2.75) is 12.7 Å². The average molecular weight is 443 g/mol. The predicted octanol–water partition coefficient (Wildman–Crippen LogP) is 4.05. The van der Waals surface area contributed by atoms with Crippen LogP contribution >= 0.6 is 0 Å². The van der Waals surface area contributed by atoms with E-state index in [1.807, 2.05) is 0 Å². The number of halogens is 1. The fraction of sp³-hybridized carbons (Fsp3) is 0.0909. The molecule has 0 aliphatic rings. The first-order chi connectivity index (χ1) is 14.7. The summed E-state index contributed by atoms with van der Waals surface area (Å²) in [5.41, 5.74) is 1.97. The van der Waals surface area contributed by atoms with Crippen molar-refractivity contribution in [1.29, 1.82) is 0 Å². The number of hydrogen-bond acceptors (Lipinski definition) is 5. The van der Waals surface area contributed by atoms with Crippen LogP contribution in [0.4, 0.5) is 15.8 Å². The average Bonchev–Trinajstić information content (AvgIpc) is 2.69. The first-order valence-corrected chi connectivity index (χ1v) is 10.4. The lowest BCUT2D eigenvalue weighted by atomic mass is 9.92. The zero-order valence-electron chi connectivity index (χ0n) is 16.3. The second-order valence-electron chi connectivity index (χ2n) is 6.83. The minimum atomic E-state index is -2.72. The van der Waals surface area contributed by atoms with E-state index in [0.717, 1.165) is 6.07 Å². The fourth-order valence-electron chi connectivity index (χ4n) is 3.20. The number of benzene rings is 3. The summed E-state index contributed by atoms with van der Waals surface area (Å²) in [4.78, 5) is 23.4. The number of thiol groups is 1. The van der Waals surface area contributed by atoms with Crippen LogP contribution in [0.25, 0.3) is 11.1 Å². The van der Waals surface area contributed by atoms with Crippen LogP contribution in [0.3, 0.4) is 0 Å². The van der Waals surface area contributed by atoms with Crippen molar-refractivity contribution < 1.29 is 32.6 Å². The minimum absolute atomic E-state index is 0.145. The van der Waals surface area contributed by atoms with Gasteiger partial charge < -0.3 is 15.5 Å². The largest absolute Gasteiger partial charge is 0.478 e. The standard InChI is InChI=1S/C22H18FNO6S/c1-12-8-17(19(22(27)28)10-16(12)21(25)26)18-9-13(11-31(29)30)2-7-20(18)24-15-5-3-14(23)4-6-15/h2-10,24,31H,11H2,1H3,(H,25,26)(H,27,28). The Labute approximate surface area is 178 Å². The quantitative estimate of drug-likeness (QED) is 0.407. The van der Waals surface area contributed by atoms with Crippen molar-refractivity contribution in [3.05, 3.63) is 82.7 Å². The first-order valence-electron chi connectivity index (χ1n) is 9.04. The summed E-state index contributed by atoms with van der Waals surface area (Å²) < 4.78 is 35.6. The number of nitrogens with one attached hydrogen (secondary N) is 1. The van der Waals surface area contributed by atoms with E-state index in [-0.39, 0.29) is 22.4 Å². The van der Waals surface area contributed by atoms with Crippen LogP contribution in [-0.2, 0) is 16.5 Å².